The van der Waals surface area contributed by atoms with Crippen LogP contribution in [-0.2, 0) is 16.1 Å². The van der Waals surface area contributed by atoms with Gasteiger partial charge in [0, 0.05) is 9.50 Å². The largest absolute Gasteiger partial charge is 0.490 e. The second-order valence-corrected chi connectivity index (χ2v) is 10.1. The predicted molar refractivity (Wildman–Crippen MR) is 146 cm³/mol. The Balaban J connectivity index is 1.61. The molecule has 1 aliphatic rings. The van der Waals surface area contributed by atoms with Gasteiger partial charge in [-0.3, -0.25) is 0 Å². The minimum atomic E-state index is -0.565. The number of hydrogen-bond acceptors (Lipinski definition) is 5. The van der Waals surface area contributed by atoms with Gasteiger partial charge in [-0.15, -0.1) is 0 Å². The molecule has 1 aliphatic heterocycles. The second-order valence-electron chi connectivity index (χ2n) is 7.14. The van der Waals surface area contributed by atoms with E-state index in [-0.39, 0.29) is 11.6 Å². The van der Waals surface area contributed by atoms with Gasteiger partial charge in [-0.25, -0.2) is 9.79 Å². The van der Waals surface area contributed by atoms with E-state index in [9.17, 15) is 4.79 Å². The molecule has 0 radical (unpaired) electrons. The fourth-order valence-electron chi connectivity index (χ4n) is 3.16. The molecule has 0 unspecified atom stereocenters. The number of esters is 1. The highest BCUT2D eigenvalue weighted by molar-refractivity contribution is 14.1. The molecule has 1 heterocycles. The first kappa shape index (κ1) is 25.0. The molecule has 0 saturated heterocycles. The lowest BCUT2D eigenvalue weighted by Gasteiger charge is -2.15. The van der Waals surface area contributed by atoms with Crippen LogP contribution < -0.4 is 9.47 Å². The number of hydrogen-bond donors (Lipinski definition) is 0. The molecule has 0 spiro atoms. The van der Waals surface area contributed by atoms with Crippen molar-refractivity contribution in [3.05, 3.63) is 95.1 Å². The lowest BCUT2D eigenvalue weighted by Crippen LogP contribution is -2.06. The molecule has 0 aliphatic carbocycles. The molecule has 174 valence electrons. The molecule has 0 saturated carbocycles. The Labute approximate surface area is 229 Å². The van der Waals surface area contributed by atoms with Gasteiger partial charge in [0.05, 0.1) is 20.8 Å². The summed E-state index contributed by atoms with van der Waals surface area (Å²) in [5, 5.41) is 0.829. The average molecular weight is 673 g/mol. The quantitative estimate of drug-likeness (QED) is 0.147. The Morgan fingerprint density at radius 2 is 1.85 bits per heavy atom. The van der Waals surface area contributed by atoms with Gasteiger partial charge in [0.1, 0.15) is 6.61 Å². The van der Waals surface area contributed by atoms with E-state index in [0.717, 1.165) is 19.2 Å². The van der Waals surface area contributed by atoms with Gasteiger partial charge in [-0.2, -0.15) is 0 Å². The van der Waals surface area contributed by atoms with E-state index in [1.54, 1.807) is 24.3 Å². The summed E-state index contributed by atoms with van der Waals surface area (Å²) in [6.45, 7) is 2.76. The Morgan fingerprint density at radius 1 is 1.09 bits per heavy atom. The Morgan fingerprint density at radius 3 is 2.56 bits per heavy atom. The zero-order valence-corrected chi connectivity index (χ0v) is 23.0. The summed E-state index contributed by atoms with van der Waals surface area (Å²) in [4.78, 5) is 16.8. The van der Waals surface area contributed by atoms with E-state index in [1.165, 1.54) is 0 Å². The average Bonchev–Trinajstić information content (AvgIpc) is 3.14. The van der Waals surface area contributed by atoms with Crippen molar-refractivity contribution < 1.29 is 19.0 Å². The van der Waals surface area contributed by atoms with Gasteiger partial charge in [0.2, 0.25) is 5.90 Å². The third-order valence-electron chi connectivity index (χ3n) is 4.71. The number of rotatable bonds is 7. The molecule has 9 heteroatoms. The Bertz CT molecular complexity index is 1310. The number of nitrogens with zero attached hydrogens (tertiary/aromatic N) is 1. The SMILES string of the molecule is CCOc1cc(/C=C2\N=C(c3ccc(Cl)cc3Cl)OC2=O)cc(I)c1OCc1ccc(Br)cc1. The van der Waals surface area contributed by atoms with Gasteiger partial charge in [-0.05, 0) is 89.2 Å². The zero-order chi connectivity index (χ0) is 24.2. The molecule has 0 amide bonds. The number of carbonyl (C=O) groups is 1. The summed E-state index contributed by atoms with van der Waals surface area (Å²) >= 11 is 17.8. The van der Waals surface area contributed by atoms with E-state index in [2.05, 4.69) is 43.5 Å². The van der Waals surface area contributed by atoms with Crippen molar-refractivity contribution in [2.45, 2.75) is 13.5 Å². The lowest BCUT2D eigenvalue weighted by atomic mass is 10.1. The van der Waals surface area contributed by atoms with Crippen molar-refractivity contribution >= 4 is 79.7 Å². The number of cyclic esters (lactones) is 1. The highest BCUT2D eigenvalue weighted by atomic mass is 127. The highest BCUT2D eigenvalue weighted by Crippen LogP contribution is 2.36. The topological polar surface area (TPSA) is 57.1 Å². The molecule has 5 nitrogen and oxygen atoms in total. The molecule has 0 N–H and O–H groups in total. The fraction of sp³-hybridized carbons (Fsp3) is 0.120. The molecule has 0 fully saturated rings. The Hall–Kier alpha value is -2.07. The summed E-state index contributed by atoms with van der Waals surface area (Å²) in [6.07, 6.45) is 1.64. The maximum atomic E-state index is 12.5. The van der Waals surface area contributed by atoms with Crippen molar-refractivity contribution in [1.82, 2.24) is 0 Å². The maximum Gasteiger partial charge on any atom is 0.363 e. The molecular weight excluding hydrogens is 656 g/mol. The molecule has 0 atom stereocenters. The summed E-state index contributed by atoms with van der Waals surface area (Å²) in [6, 6.07) is 16.5. The van der Waals surface area contributed by atoms with Crippen LogP contribution in [0.2, 0.25) is 10.0 Å². The van der Waals surface area contributed by atoms with Crippen molar-refractivity contribution in [1.29, 1.82) is 0 Å². The van der Waals surface area contributed by atoms with Gasteiger partial charge in [0.25, 0.3) is 0 Å². The van der Waals surface area contributed by atoms with E-state index < -0.39 is 5.97 Å². The monoisotopic (exact) mass is 671 g/mol. The first-order chi connectivity index (χ1) is 16.3. The molecule has 4 rings (SSSR count). The van der Waals surface area contributed by atoms with E-state index >= 15 is 0 Å². The number of ether oxygens (including phenoxy) is 3. The number of carbonyl (C=O) groups excluding carboxylic acids is 1. The Kier molecular flexibility index (Phi) is 8.18. The van der Waals surface area contributed by atoms with Crippen LogP contribution in [0.25, 0.3) is 6.08 Å². The van der Waals surface area contributed by atoms with Gasteiger partial charge >= 0.3 is 5.97 Å². The molecule has 0 bridgehead atoms. The van der Waals surface area contributed by atoms with Crippen molar-refractivity contribution in [2.24, 2.45) is 4.99 Å². The van der Waals surface area contributed by atoms with Gasteiger partial charge < -0.3 is 14.2 Å². The van der Waals surface area contributed by atoms with Crippen LogP contribution in [0.1, 0.15) is 23.6 Å². The van der Waals surface area contributed by atoms with E-state index in [0.29, 0.717) is 40.3 Å². The zero-order valence-electron chi connectivity index (χ0n) is 17.8. The van der Waals surface area contributed by atoms with Crippen molar-refractivity contribution in [2.75, 3.05) is 6.61 Å². The first-order valence-electron chi connectivity index (χ1n) is 10.2. The van der Waals surface area contributed by atoms with Crippen molar-refractivity contribution in [3.8, 4) is 11.5 Å². The lowest BCUT2D eigenvalue weighted by molar-refractivity contribution is -0.129. The first-order valence-corrected chi connectivity index (χ1v) is 12.8. The van der Waals surface area contributed by atoms with Crippen LogP contribution in [0.15, 0.2) is 69.8 Å². The van der Waals surface area contributed by atoms with Crippen molar-refractivity contribution in [3.63, 3.8) is 0 Å². The van der Waals surface area contributed by atoms with Crippen LogP contribution in [0.3, 0.4) is 0 Å². The fourth-order valence-corrected chi connectivity index (χ4v) is 4.69. The van der Waals surface area contributed by atoms with E-state index in [4.69, 9.17) is 37.4 Å². The normalized spacial score (nSPS) is 14.2. The summed E-state index contributed by atoms with van der Waals surface area (Å²) in [5.41, 5.74) is 2.40. The summed E-state index contributed by atoms with van der Waals surface area (Å²) < 4.78 is 19.1. The van der Waals surface area contributed by atoms with Gasteiger partial charge in [0.15, 0.2) is 17.2 Å². The second kappa shape index (κ2) is 11.1. The van der Waals surface area contributed by atoms with Gasteiger partial charge in [-0.1, -0.05) is 51.3 Å². The molecule has 3 aromatic rings. The third kappa shape index (κ3) is 5.94. The smallest absolute Gasteiger partial charge is 0.363 e. The molecule has 3 aromatic carbocycles. The van der Waals surface area contributed by atoms with Crippen LogP contribution in [-0.4, -0.2) is 18.5 Å². The standard InChI is InChI=1S/C25H17BrCl2INO4/c1-2-32-22-11-15(9-20(29)23(22)33-13-14-3-5-16(26)6-4-14)10-21-25(31)34-24(30-21)18-8-7-17(27)12-19(18)28/h3-12H,2,13H2,1H3/b21-10-. The predicted octanol–water partition coefficient (Wildman–Crippen LogP) is 7.68. The minimum Gasteiger partial charge on any atom is -0.490 e. The maximum absolute atomic E-state index is 12.5. The van der Waals surface area contributed by atoms with Crippen LogP contribution >= 0.6 is 61.7 Å². The van der Waals surface area contributed by atoms with Crippen LogP contribution in [0, 0.1) is 3.57 Å². The number of aliphatic imine (C=N–C) groups is 1. The minimum absolute atomic E-state index is 0.132. The third-order valence-corrected chi connectivity index (χ3v) is 6.59. The molecule has 0 aromatic heterocycles. The number of halogens is 4. The highest BCUT2D eigenvalue weighted by Gasteiger charge is 2.26. The summed E-state index contributed by atoms with van der Waals surface area (Å²) in [7, 11) is 0. The van der Waals surface area contributed by atoms with Crippen LogP contribution in [0.5, 0.6) is 11.5 Å². The number of benzene rings is 3. The summed E-state index contributed by atoms with van der Waals surface area (Å²) in [5.74, 6) is 0.782. The van der Waals surface area contributed by atoms with E-state index in [1.807, 2.05) is 43.3 Å². The van der Waals surface area contributed by atoms with Crippen LogP contribution in [0.4, 0.5) is 0 Å². The molecular formula is C25H17BrCl2INO4. The molecule has 34 heavy (non-hydrogen) atoms.